The van der Waals surface area contributed by atoms with E-state index >= 15 is 0 Å². The number of nitrogens with zero attached hydrogens (tertiary/aromatic N) is 6. The molecule has 1 aliphatic heterocycles. The number of aromatic amines is 1. The molecule has 6 aromatic carbocycles. The van der Waals surface area contributed by atoms with Gasteiger partial charge in [-0.1, -0.05) is 134 Å². The Morgan fingerprint density at radius 2 is 1.17 bits per heavy atom. The van der Waals surface area contributed by atoms with Crippen LogP contribution in [0.25, 0.3) is 22.8 Å². The van der Waals surface area contributed by atoms with Crippen molar-refractivity contribution in [3.8, 4) is 22.8 Å². The molecule has 0 bridgehead atoms. The number of carbonyl (C=O) groups excluding carboxylic acids is 3. The monoisotopic (exact) mass is 1290 g/mol. The second-order valence-corrected chi connectivity index (χ2v) is 21.4. The Morgan fingerprint density at radius 1 is 0.692 bits per heavy atom. The van der Waals surface area contributed by atoms with Crippen LogP contribution in [0, 0.1) is 46.3 Å². The number of carbonyl (C=O) groups is 3. The number of nitrogens with one attached hydrogen (secondary N) is 4. The molecule has 0 atom stereocenters. The number of Topliss-reactive ketones (excluding diaryl/α,β-unsaturated/α-hetero) is 1. The van der Waals surface area contributed by atoms with Crippen molar-refractivity contribution in [1.82, 2.24) is 46.0 Å². The number of thioether (sulfide) groups is 1. The maximum atomic E-state index is 11.6. The van der Waals surface area contributed by atoms with Crippen LogP contribution in [0.2, 0.25) is 20.1 Å². The number of thiocarbonyl (C=S) groups is 1. The predicted molar refractivity (Wildman–Crippen MR) is 326 cm³/mol. The summed E-state index contributed by atoms with van der Waals surface area (Å²) in [5, 5.41) is 23.9. The van der Waals surface area contributed by atoms with Crippen LogP contribution in [0.4, 0.5) is 0 Å². The fourth-order valence-corrected chi connectivity index (χ4v) is 9.17. The van der Waals surface area contributed by atoms with Crippen LogP contribution in [0.15, 0.2) is 132 Å². The summed E-state index contributed by atoms with van der Waals surface area (Å²) in [6.07, 6.45) is 0. The van der Waals surface area contributed by atoms with E-state index in [4.69, 9.17) is 75.4 Å². The Hall–Kier alpha value is -4.40. The minimum absolute atomic E-state index is 0. The van der Waals surface area contributed by atoms with Gasteiger partial charge in [0.1, 0.15) is 0 Å². The molecular formula is C53H50BrCl4KN12O3S4. The van der Waals surface area contributed by atoms with Gasteiger partial charge in [0.15, 0.2) is 17.4 Å². The number of amides is 2. The first-order chi connectivity index (χ1) is 36.6. The maximum absolute atomic E-state index is 11.6. The fourth-order valence-electron chi connectivity index (χ4n) is 6.87. The van der Waals surface area contributed by atoms with Crippen molar-refractivity contribution in [2.75, 3.05) is 16.9 Å². The van der Waals surface area contributed by atoms with Gasteiger partial charge in [-0.3, -0.25) is 25.2 Å². The summed E-state index contributed by atoms with van der Waals surface area (Å²) in [6, 6.07) is 37.3. The van der Waals surface area contributed by atoms with Crippen molar-refractivity contribution in [2.24, 2.45) is 10.9 Å². The van der Waals surface area contributed by atoms with Crippen LogP contribution in [-0.2, 0) is 12.6 Å². The molecule has 78 heavy (non-hydrogen) atoms. The molecule has 8 aromatic rings. The van der Waals surface area contributed by atoms with E-state index < -0.39 is 0 Å². The first kappa shape index (κ1) is 66.1. The third-order valence-corrected chi connectivity index (χ3v) is 13.8. The van der Waals surface area contributed by atoms with Gasteiger partial charge in [-0.25, -0.2) is 15.6 Å². The normalized spacial score (nSPS) is 10.8. The number of rotatable bonds is 7. The van der Waals surface area contributed by atoms with Gasteiger partial charge in [-0.15, -0.1) is 10.2 Å². The van der Waals surface area contributed by atoms with Crippen LogP contribution >= 0.6 is 98.5 Å². The fraction of sp³-hybridized carbons (Fsp3) is 0.151. The molecule has 9 rings (SSSR count). The van der Waals surface area contributed by atoms with E-state index in [-0.39, 0.29) is 73.3 Å². The van der Waals surface area contributed by atoms with Crippen molar-refractivity contribution in [2.45, 2.75) is 46.7 Å². The summed E-state index contributed by atoms with van der Waals surface area (Å²) in [7, 11) is 0. The van der Waals surface area contributed by atoms with Crippen molar-refractivity contribution < 1.29 is 65.8 Å². The summed E-state index contributed by atoms with van der Waals surface area (Å²) in [6.45, 7) is 11.6. The molecular weight excluding hydrogens is 1240 g/mol. The van der Waals surface area contributed by atoms with Crippen LogP contribution in [0.3, 0.4) is 0 Å². The van der Waals surface area contributed by atoms with Crippen molar-refractivity contribution >= 4 is 139 Å². The van der Waals surface area contributed by atoms with E-state index in [1.54, 1.807) is 68.1 Å². The topological polar surface area (TPSA) is 216 Å². The number of halogens is 5. The molecule has 0 radical (unpaired) electrons. The van der Waals surface area contributed by atoms with E-state index in [1.807, 2.05) is 80.0 Å². The predicted octanol–water partition coefficient (Wildman–Crippen LogP) is 9.40. The van der Waals surface area contributed by atoms with Gasteiger partial charge in [0.25, 0.3) is 11.8 Å². The number of alkyl halides is 1. The van der Waals surface area contributed by atoms with E-state index in [2.05, 4.69) is 109 Å². The Balaban J connectivity index is 0.000000217. The van der Waals surface area contributed by atoms with E-state index in [0.29, 0.717) is 47.1 Å². The van der Waals surface area contributed by atoms with Gasteiger partial charge in [0.2, 0.25) is 9.93 Å². The summed E-state index contributed by atoms with van der Waals surface area (Å²) in [5.41, 5.74) is 18.8. The van der Waals surface area contributed by atoms with E-state index in [0.717, 1.165) is 67.0 Å². The Labute approximate surface area is 543 Å². The molecule has 0 spiro atoms. The minimum Gasteiger partial charge on any atom is -0.410 e. The number of nitrogen functional groups attached to an aromatic ring is 2. The van der Waals surface area contributed by atoms with Crippen molar-refractivity contribution in [3.05, 3.63) is 202 Å². The summed E-state index contributed by atoms with van der Waals surface area (Å²) in [4.78, 5) is 33.7. The molecule has 0 aliphatic carbocycles. The number of fused-ring (bicyclic) bond motifs is 1. The maximum Gasteiger partial charge on any atom is 1.00 e. The Bertz CT molecular complexity index is 3510. The number of hydrogen-bond acceptors (Lipinski definition) is 13. The molecule has 1 aliphatic rings. The van der Waals surface area contributed by atoms with Crippen molar-refractivity contribution in [1.29, 1.82) is 0 Å². The number of aromatic nitrogens is 6. The molecule has 3 heterocycles. The Kier molecular flexibility index (Phi) is 27.2. The first-order valence-corrected chi connectivity index (χ1v) is 27.6. The van der Waals surface area contributed by atoms with E-state index in [9.17, 15) is 14.4 Å². The van der Waals surface area contributed by atoms with Gasteiger partial charge in [0.05, 0.1) is 11.0 Å². The zero-order chi connectivity index (χ0) is 56.5. The number of hydrogen-bond donors (Lipinski definition) is 6. The minimum atomic E-state index is -0.302. The Morgan fingerprint density at radius 3 is 1.62 bits per heavy atom. The number of H-pyrrole nitrogens is 1. The van der Waals surface area contributed by atoms with Gasteiger partial charge in [0, 0.05) is 53.7 Å². The van der Waals surface area contributed by atoms with Gasteiger partial charge < -0.3 is 36.1 Å². The van der Waals surface area contributed by atoms with Crippen LogP contribution in [0.5, 0.6) is 0 Å². The summed E-state index contributed by atoms with van der Waals surface area (Å²) in [5.74, 6) is 12.4. The molecule has 2 amide bonds. The van der Waals surface area contributed by atoms with Gasteiger partial charge in [-0.2, -0.15) is 14.9 Å². The van der Waals surface area contributed by atoms with Crippen molar-refractivity contribution in [3.63, 3.8) is 0 Å². The zero-order valence-electron chi connectivity index (χ0n) is 43.0. The molecule has 25 heteroatoms. The number of nitrogens with two attached hydrogens (primary N) is 2. The molecule has 0 unspecified atom stereocenters. The largest absolute Gasteiger partial charge is 1.00 e. The molecule has 0 saturated heterocycles. The number of ketones is 1. The van der Waals surface area contributed by atoms with Gasteiger partial charge in [-0.05, 0) is 159 Å². The average molecular weight is 1290 g/mol. The SMILES string of the molecule is Cc1cc(Cl)ccc1-c1n[nH]c(=S)n1N.Cc1cc(Cl)ccc1C(=O)NN.Cc1cc(Cl)ccc1C(=O)NNC(=S)[S-].Cc1ccc(C(=O)CBr)cc1.Cc1ccc(C2=Nn3c(nnc3-c3ccc(Cl)cc3C)SC2)cc1.[K+]. The second-order valence-electron chi connectivity index (χ2n) is 16.6. The number of benzene rings is 6. The number of aryl methyl sites for hydroxylation is 6. The van der Waals surface area contributed by atoms with Crippen LogP contribution in [-0.4, -0.2) is 68.5 Å². The smallest absolute Gasteiger partial charge is 0.410 e. The van der Waals surface area contributed by atoms with E-state index in [1.165, 1.54) is 15.8 Å². The van der Waals surface area contributed by atoms with Gasteiger partial charge >= 0.3 is 51.4 Å². The second kappa shape index (κ2) is 32.1. The third kappa shape index (κ3) is 19.4. The molecule has 0 fully saturated rings. The zero-order valence-corrected chi connectivity index (χ0v) is 54.0. The molecule has 2 aromatic heterocycles. The summed E-state index contributed by atoms with van der Waals surface area (Å²) < 4.78 is 3.65. The molecule has 400 valence electrons. The molecule has 8 N–H and O–H groups in total. The first-order valence-electron chi connectivity index (χ1n) is 22.8. The average Bonchev–Trinajstić information content (AvgIpc) is 3.97. The summed E-state index contributed by atoms with van der Waals surface area (Å²) >= 11 is 42.3. The quantitative estimate of drug-likeness (QED) is 0.0128. The third-order valence-electron chi connectivity index (χ3n) is 10.9. The van der Waals surface area contributed by atoms with Crippen LogP contribution < -0.4 is 79.3 Å². The molecule has 15 nitrogen and oxygen atoms in total. The standard InChI is InChI=1S/C18H15ClN4S.C9H9BrO.C9H9ClN4S.C9H9ClN2OS2.C8H9ClN2O.K/c1-11-3-5-13(6-4-11)16-10-24-18-21-20-17(23(18)22-16)15-8-7-14(19)9-12(15)2;1-7-2-4-8(5-3-7)9(11)6-10;1-5-4-6(10)2-3-7(5)8-12-13-9(15)14(8)11;1-5-4-6(10)2-3-7(5)8(13)11-12-9(14)15;1-5-4-6(9)2-3-7(5)8(12)11-10;/h3-9H,10H2,1-2H3;2-5H,6H2,1H3;2-4H,11H2,1H3,(H,13,15);2-4H,1H3,(H,11,13)(H2,12,14,15);2-4H,10H2,1H3,(H,11,12);/q;;;;;+1/p-1. The number of hydrazine groups is 2. The molecule has 0 saturated carbocycles. The van der Waals surface area contributed by atoms with Crippen LogP contribution in [0.1, 0.15) is 70.0 Å².